The van der Waals surface area contributed by atoms with E-state index in [2.05, 4.69) is 15.3 Å². The molecule has 0 saturated heterocycles. The molecular weight excluding hydrogens is 220 g/mol. The molecule has 0 aliphatic rings. The van der Waals surface area contributed by atoms with E-state index < -0.39 is 0 Å². The van der Waals surface area contributed by atoms with E-state index in [0.29, 0.717) is 0 Å². The van der Waals surface area contributed by atoms with Crippen LogP contribution in [0.3, 0.4) is 0 Å². The highest BCUT2D eigenvalue weighted by molar-refractivity contribution is 7.11. The van der Waals surface area contributed by atoms with Gasteiger partial charge in [0.05, 0.1) is 11.6 Å². The molecule has 2 aromatic rings. The molecule has 2 rings (SSSR count). The normalized spacial score (nSPS) is 10.9. The Bertz CT molecular complexity index is 446. The summed E-state index contributed by atoms with van der Waals surface area (Å²) in [6.45, 7) is 3.82. The van der Waals surface area contributed by atoms with Crippen molar-refractivity contribution >= 4 is 11.3 Å². The molecule has 5 heteroatoms. The molecule has 16 heavy (non-hydrogen) atoms. The fraction of sp³-hybridized carbons (Fsp3) is 0.455. The van der Waals surface area contributed by atoms with E-state index in [4.69, 9.17) is 0 Å². The van der Waals surface area contributed by atoms with Gasteiger partial charge in [-0.2, -0.15) is 0 Å². The van der Waals surface area contributed by atoms with E-state index in [1.54, 1.807) is 11.3 Å². The Morgan fingerprint density at radius 1 is 1.44 bits per heavy atom. The monoisotopic (exact) mass is 236 g/mol. The van der Waals surface area contributed by atoms with Gasteiger partial charge in [0.25, 0.3) is 0 Å². The van der Waals surface area contributed by atoms with Crippen molar-refractivity contribution in [2.75, 3.05) is 6.54 Å². The van der Waals surface area contributed by atoms with Gasteiger partial charge in [0, 0.05) is 37.1 Å². The van der Waals surface area contributed by atoms with Gasteiger partial charge in [0.1, 0.15) is 5.82 Å². The molecule has 0 aromatic carbocycles. The first kappa shape index (κ1) is 11.3. The Kier molecular flexibility index (Phi) is 3.69. The van der Waals surface area contributed by atoms with Crippen LogP contribution in [0.4, 0.5) is 0 Å². The molecule has 0 saturated carbocycles. The molecule has 2 aromatic heterocycles. The fourth-order valence-electron chi connectivity index (χ4n) is 1.50. The first-order chi connectivity index (χ1) is 7.75. The fourth-order valence-corrected chi connectivity index (χ4v) is 2.29. The Balaban J connectivity index is 1.71. The first-order valence-corrected chi connectivity index (χ1v) is 6.15. The third-order valence-corrected chi connectivity index (χ3v) is 3.39. The van der Waals surface area contributed by atoms with Crippen molar-refractivity contribution in [1.82, 2.24) is 19.9 Å². The second kappa shape index (κ2) is 5.23. The Hall–Kier alpha value is -1.20. The predicted octanol–water partition coefficient (Wildman–Crippen LogP) is 1.52. The molecule has 0 bridgehead atoms. The van der Waals surface area contributed by atoms with Gasteiger partial charge >= 0.3 is 0 Å². The molecular formula is C11H16N4S. The van der Waals surface area contributed by atoms with Gasteiger partial charge < -0.3 is 9.88 Å². The third kappa shape index (κ3) is 2.90. The zero-order chi connectivity index (χ0) is 11.4. The van der Waals surface area contributed by atoms with Crippen molar-refractivity contribution in [2.45, 2.75) is 19.9 Å². The van der Waals surface area contributed by atoms with Gasteiger partial charge in [0.15, 0.2) is 0 Å². The summed E-state index contributed by atoms with van der Waals surface area (Å²) >= 11 is 1.77. The molecule has 0 spiro atoms. The van der Waals surface area contributed by atoms with Crippen molar-refractivity contribution in [3.05, 3.63) is 34.3 Å². The highest BCUT2D eigenvalue weighted by Crippen LogP contribution is 2.11. The van der Waals surface area contributed by atoms with Gasteiger partial charge in [-0.05, 0) is 13.3 Å². The molecule has 0 fully saturated rings. The van der Waals surface area contributed by atoms with E-state index in [1.165, 1.54) is 4.88 Å². The lowest BCUT2D eigenvalue weighted by Gasteiger charge is -2.03. The number of aromatic nitrogens is 3. The molecule has 1 N–H and O–H groups in total. The summed E-state index contributed by atoms with van der Waals surface area (Å²) in [5.41, 5.74) is 0. The number of thiazole rings is 1. The Labute approximate surface area is 99.4 Å². The maximum absolute atomic E-state index is 4.26. The maximum Gasteiger partial charge on any atom is 0.122 e. The van der Waals surface area contributed by atoms with Crippen molar-refractivity contribution in [3.63, 3.8) is 0 Å². The Morgan fingerprint density at radius 3 is 2.94 bits per heavy atom. The summed E-state index contributed by atoms with van der Waals surface area (Å²) in [7, 11) is 2.01. The molecule has 0 atom stereocenters. The van der Waals surface area contributed by atoms with E-state index in [-0.39, 0.29) is 0 Å². The number of nitrogens with zero attached hydrogens (tertiary/aromatic N) is 3. The summed E-state index contributed by atoms with van der Waals surface area (Å²) in [6.07, 6.45) is 6.78. The molecule has 0 unspecified atom stereocenters. The molecule has 2 heterocycles. The maximum atomic E-state index is 4.26. The molecule has 0 aliphatic heterocycles. The zero-order valence-corrected chi connectivity index (χ0v) is 10.4. The Morgan fingerprint density at radius 2 is 2.31 bits per heavy atom. The number of rotatable bonds is 5. The van der Waals surface area contributed by atoms with Crippen LogP contribution in [0.25, 0.3) is 0 Å². The average Bonchev–Trinajstić information content (AvgIpc) is 2.83. The largest absolute Gasteiger partial charge is 0.337 e. The summed E-state index contributed by atoms with van der Waals surface area (Å²) in [6, 6.07) is 0. The van der Waals surface area contributed by atoms with Gasteiger partial charge in [-0.3, -0.25) is 0 Å². The standard InChI is InChI=1S/C11H16N4S/c1-9-14-7-10(16-9)3-4-12-8-11-13-5-6-15(11)2/h5-7,12H,3-4,8H2,1-2H3. The SMILES string of the molecule is Cc1ncc(CCNCc2nccn2C)s1. The van der Waals surface area contributed by atoms with Crippen LogP contribution in [0.15, 0.2) is 18.6 Å². The highest BCUT2D eigenvalue weighted by Gasteiger charge is 2.00. The van der Waals surface area contributed by atoms with Crippen LogP contribution >= 0.6 is 11.3 Å². The molecule has 0 radical (unpaired) electrons. The number of nitrogens with one attached hydrogen (secondary N) is 1. The van der Waals surface area contributed by atoms with Crippen LogP contribution in [0, 0.1) is 6.92 Å². The first-order valence-electron chi connectivity index (χ1n) is 5.34. The summed E-state index contributed by atoms with van der Waals surface area (Å²) in [4.78, 5) is 9.83. The molecule has 86 valence electrons. The van der Waals surface area contributed by atoms with E-state index in [0.717, 1.165) is 30.3 Å². The van der Waals surface area contributed by atoms with Gasteiger partial charge in [-0.1, -0.05) is 0 Å². The predicted molar refractivity (Wildman–Crippen MR) is 65.5 cm³/mol. The number of hydrogen-bond donors (Lipinski definition) is 1. The highest BCUT2D eigenvalue weighted by atomic mass is 32.1. The molecule has 0 aliphatic carbocycles. The van der Waals surface area contributed by atoms with Crippen LogP contribution < -0.4 is 5.32 Å². The lowest BCUT2D eigenvalue weighted by Crippen LogP contribution is -2.18. The smallest absolute Gasteiger partial charge is 0.122 e. The number of hydrogen-bond acceptors (Lipinski definition) is 4. The van der Waals surface area contributed by atoms with Crippen LogP contribution in [0.5, 0.6) is 0 Å². The summed E-state index contributed by atoms with van der Waals surface area (Å²) in [5, 5.41) is 4.52. The quantitative estimate of drug-likeness (QED) is 0.800. The topological polar surface area (TPSA) is 42.7 Å². The minimum Gasteiger partial charge on any atom is -0.337 e. The second-order valence-corrected chi connectivity index (χ2v) is 5.05. The van der Waals surface area contributed by atoms with Crippen molar-refractivity contribution in [3.8, 4) is 0 Å². The van der Waals surface area contributed by atoms with Crippen LogP contribution in [0.2, 0.25) is 0 Å². The lowest BCUT2D eigenvalue weighted by molar-refractivity contribution is 0.639. The van der Waals surface area contributed by atoms with Crippen LogP contribution in [-0.4, -0.2) is 21.1 Å². The minimum atomic E-state index is 0.821. The van der Waals surface area contributed by atoms with Gasteiger partial charge in [-0.25, -0.2) is 9.97 Å². The second-order valence-electron chi connectivity index (χ2n) is 3.73. The third-order valence-electron chi connectivity index (χ3n) is 2.42. The number of aryl methyl sites for hydroxylation is 2. The van der Waals surface area contributed by atoms with E-state index in [1.807, 2.05) is 37.1 Å². The number of imidazole rings is 1. The van der Waals surface area contributed by atoms with E-state index >= 15 is 0 Å². The summed E-state index contributed by atoms with van der Waals surface area (Å²) < 4.78 is 2.03. The molecule has 0 amide bonds. The van der Waals surface area contributed by atoms with Crippen LogP contribution in [0.1, 0.15) is 15.7 Å². The van der Waals surface area contributed by atoms with Gasteiger partial charge in [-0.15, -0.1) is 11.3 Å². The van der Waals surface area contributed by atoms with Crippen LogP contribution in [-0.2, 0) is 20.0 Å². The van der Waals surface area contributed by atoms with Crippen molar-refractivity contribution < 1.29 is 0 Å². The summed E-state index contributed by atoms with van der Waals surface area (Å²) in [5.74, 6) is 1.07. The minimum absolute atomic E-state index is 0.821. The van der Waals surface area contributed by atoms with Crippen molar-refractivity contribution in [2.24, 2.45) is 7.05 Å². The average molecular weight is 236 g/mol. The zero-order valence-electron chi connectivity index (χ0n) is 9.60. The van der Waals surface area contributed by atoms with Gasteiger partial charge in [0.2, 0.25) is 0 Å². The van der Waals surface area contributed by atoms with E-state index in [9.17, 15) is 0 Å². The lowest BCUT2D eigenvalue weighted by atomic mass is 10.4. The molecule has 4 nitrogen and oxygen atoms in total. The van der Waals surface area contributed by atoms with Crippen molar-refractivity contribution in [1.29, 1.82) is 0 Å².